The van der Waals surface area contributed by atoms with Gasteiger partial charge in [0.2, 0.25) is 5.91 Å². The highest BCUT2D eigenvalue weighted by Crippen LogP contribution is 2.49. The van der Waals surface area contributed by atoms with Crippen LogP contribution in [0.25, 0.3) is 22.5 Å². The lowest BCUT2D eigenvalue weighted by atomic mass is 9.95. The van der Waals surface area contributed by atoms with Crippen LogP contribution in [0.2, 0.25) is 0 Å². The summed E-state index contributed by atoms with van der Waals surface area (Å²) in [5.41, 5.74) is 4.08. The quantitative estimate of drug-likeness (QED) is 0.405. The Bertz CT molecular complexity index is 1300. The minimum Gasteiger partial charge on any atom is -0.493 e. The van der Waals surface area contributed by atoms with Crippen molar-refractivity contribution in [2.24, 2.45) is 5.41 Å². The van der Waals surface area contributed by atoms with Gasteiger partial charge in [0.1, 0.15) is 0 Å². The van der Waals surface area contributed by atoms with E-state index in [1.165, 1.54) is 5.56 Å². The lowest BCUT2D eigenvalue weighted by molar-refractivity contribution is -0.121. The molecule has 8 nitrogen and oxygen atoms in total. The molecule has 0 saturated heterocycles. The van der Waals surface area contributed by atoms with Crippen molar-refractivity contribution in [2.75, 3.05) is 19.5 Å². The monoisotopic (exact) mass is 455 g/mol. The molecule has 5 rings (SSSR count). The van der Waals surface area contributed by atoms with Gasteiger partial charge in [-0.25, -0.2) is 5.10 Å². The van der Waals surface area contributed by atoms with Crippen LogP contribution >= 0.6 is 0 Å². The van der Waals surface area contributed by atoms with Crippen LogP contribution < -0.4 is 14.8 Å². The van der Waals surface area contributed by atoms with Crippen LogP contribution in [0.15, 0.2) is 66.7 Å². The molecule has 0 spiro atoms. The van der Waals surface area contributed by atoms with Gasteiger partial charge in [-0.05, 0) is 70.6 Å². The van der Waals surface area contributed by atoms with Crippen molar-refractivity contribution in [3.63, 3.8) is 0 Å². The number of methoxy groups -OCH3 is 2. The maximum Gasteiger partial charge on any atom is 0.230 e. The highest BCUT2D eigenvalue weighted by molar-refractivity contribution is 5.98. The van der Waals surface area contributed by atoms with Crippen molar-refractivity contribution in [1.29, 1.82) is 0 Å². The third-order valence-corrected chi connectivity index (χ3v) is 6.29. The fraction of sp³-hybridized carbons (Fsp3) is 0.231. The Labute approximate surface area is 197 Å². The first-order valence-corrected chi connectivity index (χ1v) is 11.1. The van der Waals surface area contributed by atoms with Crippen molar-refractivity contribution in [3.8, 4) is 34.0 Å². The van der Waals surface area contributed by atoms with Gasteiger partial charge in [0, 0.05) is 11.3 Å². The van der Waals surface area contributed by atoms with Crippen LogP contribution in [0.3, 0.4) is 0 Å². The Morgan fingerprint density at radius 3 is 2.44 bits per heavy atom. The van der Waals surface area contributed by atoms with Crippen LogP contribution in [0.5, 0.6) is 11.5 Å². The lowest BCUT2D eigenvalue weighted by Crippen LogP contribution is -2.26. The Hall–Kier alpha value is -4.20. The number of ether oxygens (including phenoxy) is 2. The number of H-pyrrole nitrogens is 1. The molecular formula is C26H25N5O3. The first-order valence-electron chi connectivity index (χ1n) is 11.1. The van der Waals surface area contributed by atoms with E-state index < -0.39 is 0 Å². The molecule has 8 heteroatoms. The van der Waals surface area contributed by atoms with Gasteiger partial charge in [-0.15, -0.1) is 5.10 Å². The van der Waals surface area contributed by atoms with Gasteiger partial charge < -0.3 is 14.8 Å². The highest BCUT2D eigenvalue weighted by atomic mass is 16.5. The summed E-state index contributed by atoms with van der Waals surface area (Å²) in [6.45, 7) is 0. The number of hydrogen-bond donors (Lipinski definition) is 2. The molecule has 0 unspecified atom stereocenters. The first-order chi connectivity index (χ1) is 16.6. The third kappa shape index (κ3) is 4.22. The second kappa shape index (κ2) is 8.97. The van der Waals surface area contributed by atoms with Gasteiger partial charge in [-0.2, -0.15) is 0 Å². The summed E-state index contributed by atoms with van der Waals surface area (Å²) >= 11 is 0. The molecule has 1 saturated carbocycles. The largest absolute Gasteiger partial charge is 0.493 e. The van der Waals surface area contributed by atoms with E-state index in [4.69, 9.17) is 9.47 Å². The smallest absolute Gasteiger partial charge is 0.230 e. The van der Waals surface area contributed by atoms with Crippen LogP contribution in [0.4, 0.5) is 5.69 Å². The second-order valence-electron chi connectivity index (χ2n) is 8.48. The van der Waals surface area contributed by atoms with Gasteiger partial charge in [0.25, 0.3) is 0 Å². The SMILES string of the molecule is COc1ccc(-c2ccc(NC(=O)C3(Cc4ccccc4)CC3)cc2-c2nnn[nH]2)cc1OC. The molecule has 0 atom stereocenters. The van der Waals surface area contributed by atoms with E-state index in [0.717, 1.165) is 36.0 Å². The van der Waals surface area contributed by atoms with E-state index in [9.17, 15) is 4.79 Å². The number of nitrogens with one attached hydrogen (secondary N) is 2. The first kappa shape index (κ1) is 21.6. The van der Waals surface area contributed by atoms with E-state index in [-0.39, 0.29) is 11.3 Å². The molecule has 1 aliphatic carbocycles. The Morgan fingerprint density at radius 1 is 0.971 bits per heavy atom. The van der Waals surface area contributed by atoms with Crippen molar-refractivity contribution in [1.82, 2.24) is 20.6 Å². The second-order valence-corrected chi connectivity index (χ2v) is 8.48. The molecule has 34 heavy (non-hydrogen) atoms. The Kier molecular flexibility index (Phi) is 5.71. The van der Waals surface area contributed by atoms with Gasteiger partial charge >= 0.3 is 0 Å². The molecule has 1 aliphatic rings. The number of nitrogens with zero attached hydrogens (tertiary/aromatic N) is 3. The van der Waals surface area contributed by atoms with Crippen molar-refractivity contribution in [3.05, 3.63) is 72.3 Å². The summed E-state index contributed by atoms with van der Waals surface area (Å²) in [7, 11) is 3.20. The number of aromatic nitrogens is 4. The molecule has 1 fully saturated rings. The molecule has 172 valence electrons. The maximum atomic E-state index is 13.2. The molecular weight excluding hydrogens is 430 g/mol. The van der Waals surface area contributed by atoms with E-state index in [1.54, 1.807) is 14.2 Å². The normalized spacial score (nSPS) is 13.8. The minimum absolute atomic E-state index is 0.0388. The minimum atomic E-state index is -0.350. The molecule has 4 aromatic rings. The van der Waals surface area contributed by atoms with Gasteiger partial charge in [0.15, 0.2) is 17.3 Å². The van der Waals surface area contributed by atoms with E-state index >= 15 is 0 Å². The summed E-state index contributed by atoms with van der Waals surface area (Å²) in [5, 5.41) is 17.5. The van der Waals surface area contributed by atoms with Crippen molar-refractivity contribution in [2.45, 2.75) is 19.3 Å². The average molecular weight is 456 g/mol. The fourth-order valence-electron chi connectivity index (χ4n) is 4.23. The number of carbonyl (C=O) groups excluding carboxylic acids is 1. The van der Waals surface area contributed by atoms with E-state index in [1.807, 2.05) is 54.6 Å². The topological polar surface area (TPSA) is 102 Å². The zero-order valence-electron chi connectivity index (χ0n) is 19.0. The number of aromatic amines is 1. The highest BCUT2D eigenvalue weighted by Gasteiger charge is 2.49. The van der Waals surface area contributed by atoms with Gasteiger partial charge in [0.05, 0.1) is 19.6 Å². The third-order valence-electron chi connectivity index (χ3n) is 6.29. The molecule has 3 aromatic carbocycles. The Balaban J connectivity index is 1.45. The predicted octanol–water partition coefficient (Wildman–Crippen LogP) is 4.51. The molecule has 0 radical (unpaired) electrons. The summed E-state index contributed by atoms with van der Waals surface area (Å²) in [6, 6.07) is 21.6. The van der Waals surface area contributed by atoms with Crippen LogP contribution in [0.1, 0.15) is 18.4 Å². The summed E-state index contributed by atoms with van der Waals surface area (Å²) in [5.74, 6) is 1.81. The van der Waals surface area contributed by atoms with Gasteiger partial charge in [-0.1, -0.05) is 42.5 Å². The summed E-state index contributed by atoms with van der Waals surface area (Å²) < 4.78 is 10.8. The molecule has 0 aliphatic heterocycles. The van der Waals surface area contributed by atoms with Gasteiger partial charge in [-0.3, -0.25) is 4.79 Å². The van der Waals surface area contributed by atoms with E-state index in [2.05, 4.69) is 38.1 Å². The van der Waals surface area contributed by atoms with Crippen LogP contribution in [-0.4, -0.2) is 40.8 Å². The van der Waals surface area contributed by atoms with Crippen LogP contribution in [-0.2, 0) is 11.2 Å². The molecule has 1 heterocycles. The molecule has 1 aromatic heterocycles. The zero-order valence-corrected chi connectivity index (χ0v) is 19.0. The van der Waals surface area contributed by atoms with Crippen molar-refractivity contribution < 1.29 is 14.3 Å². The fourth-order valence-corrected chi connectivity index (χ4v) is 4.23. The molecule has 1 amide bonds. The standard InChI is InChI=1S/C26H25N5O3/c1-33-22-11-8-18(14-23(22)34-2)20-10-9-19(15-21(20)24-28-30-31-29-24)27-25(32)26(12-13-26)16-17-6-4-3-5-7-17/h3-11,14-15H,12-13,16H2,1-2H3,(H,27,32)(H,28,29,30,31). The van der Waals surface area contributed by atoms with Crippen LogP contribution in [0, 0.1) is 5.41 Å². The predicted molar refractivity (Wildman–Crippen MR) is 129 cm³/mol. The summed E-state index contributed by atoms with van der Waals surface area (Å²) in [4.78, 5) is 13.2. The number of benzene rings is 3. The number of hydrogen-bond acceptors (Lipinski definition) is 6. The maximum absolute atomic E-state index is 13.2. The zero-order chi connectivity index (χ0) is 23.5. The lowest BCUT2D eigenvalue weighted by Gasteiger charge is -2.17. The molecule has 0 bridgehead atoms. The number of carbonyl (C=O) groups is 1. The van der Waals surface area contributed by atoms with Crippen molar-refractivity contribution >= 4 is 11.6 Å². The Morgan fingerprint density at radius 2 is 1.76 bits per heavy atom. The van der Waals surface area contributed by atoms with E-state index in [0.29, 0.717) is 23.0 Å². The average Bonchev–Trinajstić information content (AvgIpc) is 3.45. The summed E-state index contributed by atoms with van der Waals surface area (Å²) in [6.07, 6.45) is 2.51. The number of amides is 1. The number of tetrazole rings is 1. The number of rotatable bonds is 8. The molecule has 2 N–H and O–H groups in total. The number of anilines is 1.